The van der Waals surface area contributed by atoms with Crippen LogP contribution in [0.15, 0.2) is 0 Å². The van der Waals surface area contributed by atoms with Gasteiger partial charge in [0.2, 0.25) is 0 Å². The monoisotopic (exact) mass is 163 g/mol. The molecule has 0 rings (SSSR count). The predicted octanol–water partition coefficient (Wildman–Crippen LogP) is 1.21. The fraction of sp³-hybridized carbons (Fsp3) is 0.857. The minimum atomic E-state index is -1.41. The highest BCUT2D eigenvalue weighted by molar-refractivity contribution is 4.87. The summed E-state index contributed by atoms with van der Waals surface area (Å²) in [6.45, 7) is -0.631. The first kappa shape index (κ1) is 10.3. The Kier molecular flexibility index (Phi) is 3.98. The Morgan fingerprint density at radius 1 is 1.55 bits per heavy atom. The standard InChI is InChI=1S/C7H11F2NO/c1-7(4-8,5-9)6(11)2-3-10/h6,11H,2,4-5H2,1H3. The van der Waals surface area contributed by atoms with Crippen molar-refractivity contribution in [3.05, 3.63) is 0 Å². The highest BCUT2D eigenvalue weighted by Gasteiger charge is 2.33. The molecule has 0 aromatic rings. The molecule has 0 aliphatic carbocycles. The van der Waals surface area contributed by atoms with E-state index in [1.54, 1.807) is 6.07 Å². The third-order valence-electron chi connectivity index (χ3n) is 1.70. The molecule has 0 saturated carbocycles. The molecule has 11 heavy (non-hydrogen) atoms. The molecule has 0 radical (unpaired) electrons. The third kappa shape index (κ3) is 2.43. The molecule has 1 atom stereocenters. The van der Waals surface area contributed by atoms with Crippen LogP contribution in [0.2, 0.25) is 0 Å². The Morgan fingerprint density at radius 2 is 2.00 bits per heavy atom. The van der Waals surface area contributed by atoms with Crippen molar-refractivity contribution in [3.63, 3.8) is 0 Å². The molecule has 1 unspecified atom stereocenters. The summed E-state index contributed by atoms with van der Waals surface area (Å²) in [6.07, 6.45) is -1.45. The maximum Gasteiger partial charge on any atom is 0.0998 e. The summed E-state index contributed by atoms with van der Waals surface area (Å²) < 4.78 is 24.2. The van der Waals surface area contributed by atoms with E-state index in [9.17, 15) is 8.78 Å². The van der Waals surface area contributed by atoms with Crippen molar-refractivity contribution in [2.24, 2.45) is 5.41 Å². The van der Waals surface area contributed by atoms with Gasteiger partial charge < -0.3 is 5.11 Å². The largest absolute Gasteiger partial charge is 0.391 e. The summed E-state index contributed by atoms with van der Waals surface area (Å²) in [4.78, 5) is 0. The highest BCUT2D eigenvalue weighted by Crippen LogP contribution is 2.24. The van der Waals surface area contributed by atoms with Crippen molar-refractivity contribution < 1.29 is 13.9 Å². The molecular weight excluding hydrogens is 152 g/mol. The molecule has 0 aliphatic rings. The SMILES string of the molecule is CC(CF)(CF)C(O)CC#N. The Morgan fingerprint density at radius 3 is 2.27 bits per heavy atom. The Hall–Kier alpha value is -0.690. The second kappa shape index (κ2) is 4.24. The first-order valence-electron chi connectivity index (χ1n) is 3.27. The van der Waals surface area contributed by atoms with Crippen LogP contribution in [0.5, 0.6) is 0 Å². The van der Waals surface area contributed by atoms with E-state index in [-0.39, 0.29) is 6.42 Å². The molecule has 0 aromatic heterocycles. The lowest BCUT2D eigenvalue weighted by molar-refractivity contribution is 0.00494. The van der Waals surface area contributed by atoms with Crippen molar-refractivity contribution in [3.8, 4) is 6.07 Å². The van der Waals surface area contributed by atoms with Crippen molar-refractivity contribution in [1.29, 1.82) is 5.26 Å². The quantitative estimate of drug-likeness (QED) is 0.676. The van der Waals surface area contributed by atoms with Gasteiger partial charge in [-0.2, -0.15) is 5.26 Å². The topological polar surface area (TPSA) is 44.0 Å². The first-order chi connectivity index (χ1) is 5.10. The summed E-state index contributed by atoms with van der Waals surface area (Å²) in [5, 5.41) is 17.2. The van der Waals surface area contributed by atoms with Gasteiger partial charge in [-0.05, 0) is 0 Å². The highest BCUT2D eigenvalue weighted by atomic mass is 19.1. The van der Waals surface area contributed by atoms with Crippen LogP contribution in [0.25, 0.3) is 0 Å². The zero-order valence-corrected chi connectivity index (χ0v) is 6.35. The molecule has 0 spiro atoms. The smallest absolute Gasteiger partial charge is 0.0998 e. The number of aliphatic hydroxyl groups is 1. The molecule has 0 fully saturated rings. The van der Waals surface area contributed by atoms with Gasteiger partial charge >= 0.3 is 0 Å². The predicted molar refractivity (Wildman–Crippen MR) is 36.3 cm³/mol. The zero-order chi connectivity index (χ0) is 8.91. The lowest BCUT2D eigenvalue weighted by Crippen LogP contribution is -2.36. The van der Waals surface area contributed by atoms with Crippen LogP contribution < -0.4 is 0 Å². The normalized spacial score (nSPS) is 14.1. The lowest BCUT2D eigenvalue weighted by Gasteiger charge is -2.26. The molecule has 0 aromatic carbocycles. The maximum absolute atomic E-state index is 12.1. The molecule has 64 valence electrons. The van der Waals surface area contributed by atoms with Gasteiger partial charge in [-0.25, -0.2) is 0 Å². The molecule has 0 amide bonds. The van der Waals surface area contributed by atoms with Crippen LogP contribution in [-0.2, 0) is 0 Å². The van der Waals surface area contributed by atoms with Crippen LogP contribution in [0, 0.1) is 16.7 Å². The number of nitrogens with zero attached hydrogens (tertiary/aromatic N) is 1. The molecule has 4 heteroatoms. The van der Waals surface area contributed by atoms with Crippen molar-refractivity contribution >= 4 is 0 Å². The van der Waals surface area contributed by atoms with E-state index >= 15 is 0 Å². The summed E-state index contributed by atoms with van der Waals surface area (Å²) in [5.74, 6) is 0. The summed E-state index contributed by atoms with van der Waals surface area (Å²) >= 11 is 0. The van der Waals surface area contributed by atoms with E-state index in [0.717, 1.165) is 0 Å². The second-order valence-electron chi connectivity index (χ2n) is 2.80. The first-order valence-corrected chi connectivity index (χ1v) is 3.27. The van der Waals surface area contributed by atoms with Gasteiger partial charge in [0.1, 0.15) is 0 Å². The minimum Gasteiger partial charge on any atom is -0.391 e. The number of halogens is 2. The number of rotatable bonds is 4. The summed E-state index contributed by atoms with van der Waals surface area (Å²) in [5.41, 5.74) is -1.41. The van der Waals surface area contributed by atoms with E-state index < -0.39 is 24.9 Å². The van der Waals surface area contributed by atoms with Crippen molar-refractivity contribution in [2.75, 3.05) is 13.3 Å². The maximum atomic E-state index is 12.1. The van der Waals surface area contributed by atoms with Gasteiger partial charge in [-0.1, -0.05) is 6.92 Å². The summed E-state index contributed by atoms with van der Waals surface area (Å²) in [7, 11) is 0. The number of hydrogen-bond acceptors (Lipinski definition) is 2. The molecule has 0 bridgehead atoms. The average molecular weight is 163 g/mol. The Balaban J connectivity index is 4.14. The van der Waals surface area contributed by atoms with E-state index in [1.807, 2.05) is 0 Å². The minimum absolute atomic E-state index is 0.232. The Bertz CT molecular complexity index is 151. The van der Waals surface area contributed by atoms with Crippen molar-refractivity contribution in [1.82, 2.24) is 0 Å². The summed E-state index contributed by atoms with van der Waals surface area (Å²) in [6, 6.07) is 1.66. The fourth-order valence-electron chi connectivity index (χ4n) is 0.547. The molecule has 1 N–H and O–H groups in total. The number of aliphatic hydroxyl groups excluding tert-OH is 1. The molecule has 0 heterocycles. The lowest BCUT2D eigenvalue weighted by atomic mass is 9.86. The Labute approximate surface area is 64.4 Å². The van der Waals surface area contributed by atoms with E-state index in [0.29, 0.717) is 0 Å². The number of alkyl halides is 2. The van der Waals surface area contributed by atoms with Crippen LogP contribution in [0.3, 0.4) is 0 Å². The van der Waals surface area contributed by atoms with Gasteiger partial charge in [-0.15, -0.1) is 0 Å². The number of nitriles is 1. The van der Waals surface area contributed by atoms with Crippen molar-refractivity contribution in [2.45, 2.75) is 19.4 Å². The van der Waals surface area contributed by atoms with Crippen LogP contribution >= 0.6 is 0 Å². The molecular formula is C7H11F2NO. The van der Waals surface area contributed by atoms with Gasteiger partial charge in [0, 0.05) is 0 Å². The molecule has 0 saturated heterocycles. The van der Waals surface area contributed by atoms with E-state index in [1.165, 1.54) is 6.92 Å². The van der Waals surface area contributed by atoms with Crippen LogP contribution in [-0.4, -0.2) is 24.6 Å². The van der Waals surface area contributed by atoms with Gasteiger partial charge in [-0.3, -0.25) is 8.78 Å². The van der Waals surface area contributed by atoms with E-state index in [2.05, 4.69) is 0 Å². The van der Waals surface area contributed by atoms with Crippen LogP contribution in [0.1, 0.15) is 13.3 Å². The van der Waals surface area contributed by atoms with Gasteiger partial charge in [0.05, 0.1) is 37.4 Å². The molecule has 0 aliphatic heterocycles. The fourth-order valence-corrected chi connectivity index (χ4v) is 0.547. The van der Waals surface area contributed by atoms with E-state index in [4.69, 9.17) is 10.4 Å². The molecule has 2 nitrogen and oxygen atoms in total. The third-order valence-corrected chi connectivity index (χ3v) is 1.70. The number of hydrogen-bond donors (Lipinski definition) is 1. The van der Waals surface area contributed by atoms with Gasteiger partial charge in [0.25, 0.3) is 0 Å². The average Bonchev–Trinajstić information content (AvgIpc) is 2.03. The zero-order valence-electron chi connectivity index (χ0n) is 6.35. The second-order valence-corrected chi connectivity index (χ2v) is 2.80. The van der Waals surface area contributed by atoms with Crippen LogP contribution in [0.4, 0.5) is 8.78 Å². The van der Waals surface area contributed by atoms with Gasteiger partial charge in [0.15, 0.2) is 0 Å².